The van der Waals surface area contributed by atoms with Crippen molar-refractivity contribution in [1.82, 2.24) is 20.1 Å². The van der Waals surface area contributed by atoms with Crippen LogP contribution in [0.2, 0.25) is 0 Å². The number of carbonyl (C=O) groups is 4. The molecule has 2 aromatic carbocycles. The normalized spacial score (nSPS) is 13.2. The highest BCUT2D eigenvalue weighted by Gasteiger charge is 2.27. The Labute approximate surface area is 238 Å². The molecule has 4 amide bonds. The number of hydrogen-bond donors (Lipinski definition) is 2. The van der Waals surface area contributed by atoms with Crippen molar-refractivity contribution in [3.63, 3.8) is 0 Å². The molecule has 0 unspecified atom stereocenters. The Kier molecular flexibility index (Phi) is 9.87. The number of esters is 1. The van der Waals surface area contributed by atoms with Gasteiger partial charge in [0.1, 0.15) is 12.4 Å². The summed E-state index contributed by atoms with van der Waals surface area (Å²) < 4.78 is 10.8. The minimum absolute atomic E-state index is 0.0764. The van der Waals surface area contributed by atoms with Gasteiger partial charge in [-0.25, -0.2) is 4.79 Å². The van der Waals surface area contributed by atoms with Crippen molar-refractivity contribution < 1.29 is 28.7 Å². The summed E-state index contributed by atoms with van der Waals surface area (Å²) in [5, 5.41) is 5.64. The van der Waals surface area contributed by atoms with Crippen molar-refractivity contribution in [2.24, 2.45) is 0 Å². The van der Waals surface area contributed by atoms with E-state index in [2.05, 4.69) is 15.6 Å². The van der Waals surface area contributed by atoms with E-state index in [1.807, 2.05) is 30.3 Å². The minimum Gasteiger partial charge on any atom is -0.491 e. The average molecular weight is 560 g/mol. The van der Waals surface area contributed by atoms with Crippen molar-refractivity contribution in [2.45, 2.75) is 25.9 Å². The molecular weight excluding hydrogens is 526 g/mol. The van der Waals surface area contributed by atoms with Gasteiger partial charge in [0, 0.05) is 31.7 Å². The highest BCUT2D eigenvalue weighted by molar-refractivity contribution is 6.01. The molecule has 0 bridgehead atoms. The van der Waals surface area contributed by atoms with Crippen molar-refractivity contribution >= 4 is 29.5 Å². The van der Waals surface area contributed by atoms with Crippen LogP contribution in [0, 0.1) is 0 Å². The fourth-order valence-electron chi connectivity index (χ4n) is 4.37. The summed E-state index contributed by atoms with van der Waals surface area (Å²) in [6.07, 6.45) is 3.09. The monoisotopic (exact) mass is 559 g/mol. The number of amides is 4. The highest BCUT2D eigenvalue weighted by Crippen LogP contribution is 2.27. The minimum atomic E-state index is -0.671. The number of carbonyl (C=O) groups excluding carboxylic acids is 4. The van der Waals surface area contributed by atoms with Crippen LogP contribution in [0.5, 0.6) is 5.75 Å². The maximum absolute atomic E-state index is 13.5. The summed E-state index contributed by atoms with van der Waals surface area (Å²) in [5.41, 5.74) is 2.28. The molecule has 214 valence electrons. The number of ether oxygens (including phenoxy) is 2. The van der Waals surface area contributed by atoms with E-state index in [1.54, 1.807) is 56.7 Å². The lowest BCUT2D eigenvalue weighted by molar-refractivity contribution is -0.143. The summed E-state index contributed by atoms with van der Waals surface area (Å²) in [5.74, 6) is -0.959. The van der Waals surface area contributed by atoms with Gasteiger partial charge in [-0.3, -0.25) is 19.4 Å². The van der Waals surface area contributed by atoms with Crippen molar-refractivity contribution in [3.05, 3.63) is 89.7 Å². The van der Waals surface area contributed by atoms with E-state index < -0.39 is 23.8 Å². The molecule has 1 aromatic heterocycles. The van der Waals surface area contributed by atoms with Crippen molar-refractivity contribution in [2.75, 3.05) is 38.7 Å². The molecule has 0 spiro atoms. The zero-order valence-electron chi connectivity index (χ0n) is 23.0. The predicted molar refractivity (Wildman–Crippen MR) is 151 cm³/mol. The number of benzene rings is 2. The number of rotatable bonds is 10. The van der Waals surface area contributed by atoms with Crippen LogP contribution in [0.3, 0.4) is 0 Å². The Morgan fingerprint density at radius 1 is 1.12 bits per heavy atom. The Morgan fingerprint density at radius 3 is 2.66 bits per heavy atom. The topological polar surface area (TPSA) is 130 Å². The molecule has 0 fully saturated rings. The second-order valence-corrected chi connectivity index (χ2v) is 9.47. The second kappa shape index (κ2) is 13.9. The number of nitrogens with one attached hydrogen (secondary N) is 2. The SMILES string of the molecule is CCOC(=O)C[C@H](NC(=O)CN1CCOc2ccc(NC(=O)N(C)Cc3ccccc3)cc2C1=O)c1cccnc1. The molecule has 3 aromatic rings. The highest BCUT2D eigenvalue weighted by atomic mass is 16.5. The standard InChI is InChI=1S/C30H33N5O6/c1-3-40-28(37)17-25(22-10-7-13-31-18-22)33-27(36)20-35-14-15-41-26-12-11-23(16-24(26)29(35)38)32-30(39)34(2)19-21-8-5-4-6-9-21/h4-13,16,18,25H,3,14-15,17,19-20H2,1-2H3,(H,32,39)(H,33,36)/t25-/m0/s1. The molecule has 11 heteroatoms. The number of nitrogens with zero attached hydrogens (tertiary/aromatic N) is 3. The third kappa shape index (κ3) is 8.04. The molecule has 2 heterocycles. The third-order valence-corrected chi connectivity index (χ3v) is 6.41. The Balaban J connectivity index is 1.42. The lowest BCUT2D eigenvalue weighted by atomic mass is 10.1. The first kappa shape index (κ1) is 29.1. The Hall–Kier alpha value is -4.93. The van der Waals surface area contributed by atoms with Gasteiger partial charge in [-0.1, -0.05) is 36.4 Å². The van der Waals surface area contributed by atoms with Gasteiger partial charge < -0.3 is 29.9 Å². The fraction of sp³-hybridized carbons (Fsp3) is 0.300. The van der Waals surface area contributed by atoms with Crippen LogP contribution < -0.4 is 15.4 Å². The largest absolute Gasteiger partial charge is 0.491 e. The average Bonchev–Trinajstić information content (AvgIpc) is 3.12. The maximum atomic E-state index is 13.5. The first-order valence-electron chi connectivity index (χ1n) is 13.3. The number of anilines is 1. The smallest absolute Gasteiger partial charge is 0.321 e. The van der Waals surface area contributed by atoms with Gasteiger partial charge in [-0.15, -0.1) is 0 Å². The Bertz CT molecular complexity index is 1370. The summed E-state index contributed by atoms with van der Waals surface area (Å²) >= 11 is 0. The van der Waals surface area contributed by atoms with E-state index in [0.717, 1.165) is 5.56 Å². The van der Waals surface area contributed by atoms with Gasteiger partial charge in [-0.2, -0.15) is 0 Å². The molecule has 1 aliphatic heterocycles. The van der Waals surface area contributed by atoms with E-state index in [9.17, 15) is 19.2 Å². The van der Waals surface area contributed by atoms with Crippen LogP contribution in [0.1, 0.15) is 40.9 Å². The quantitative estimate of drug-likeness (QED) is 0.364. The van der Waals surface area contributed by atoms with Crippen LogP contribution in [0.4, 0.5) is 10.5 Å². The fourth-order valence-corrected chi connectivity index (χ4v) is 4.37. The number of fused-ring (bicyclic) bond motifs is 1. The van der Waals surface area contributed by atoms with Gasteiger partial charge in [0.15, 0.2) is 0 Å². The zero-order chi connectivity index (χ0) is 29.2. The zero-order valence-corrected chi connectivity index (χ0v) is 23.0. The van der Waals surface area contributed by atoms with Gasteiger partial charge >= 0.3 is 12.0 Å². The first-order chi connectivity index (χ1) is 19.8. The molecule has 0 radical (unpaired) electrons. The molecule has 41 heavy (non-hydrogen) atoms. The molecular formula is C30H33N5O6. The molecule has 11 nitrogen and oxygen atoms in total. The summed E-state index contributed by atoms with van der Waals surface area (Å²) in [4.78, 5) is 58.5. The molecule has 0 saturated carbocycles. The number of aromatic nitrogens is 1. The molecule has 0 saturated heterocycles. The van der Waals surface area contributed by atoms with E-state index in [0.29, 0.717) is 23.5 Å². The second-order valence-electron chi connectivity index (χ2n) is 9.47. The van der Waals surface area contributed by atoms with Gasteiger partial charge in [0.05, 0.1) is 37.7 Å². The lowest BCUT2D eigenvalue weighted by Crippen LogP contribution is -2.43. The van der Waals surface area contributed by atoms with Crippen LogP contribution >= 0.6 is 0 Å². The molecule has 1 atom stereocenters. The molecule has 4 rings (SSSR count). The van der Waals surface area contributed by atoms with Gasteiger partial charge in [-0.05, 0) is 42.3 Å². The van der Waals surface area contributed by atoms with E-state index in [-0.39, 0.29) is 44.3 Å². The van der Waals surface area contributed by atoms with Crippen LogP contribution in [-0.4, -0.2) is 71.9 Å². The molecule has 1 aliphatic rings. The predicted octanol–water partition coefficient (Wildman–Crippen LogP) is 3.39. The number of urea groups is 1. The van der Waals surface area contributed by atoms with Crippen molar-refractivity contribution in [3.8, 4) is 5.75 Å². The Morgan fingerprint density at radius 2 is 1.93 bits per heavy atom. The van der Waals surface area contributed by atoms with Crippen molar-refractivity contribution in [1.29, 1.82) is 0 Å². The summed E-state index contributed by atoms with van der Waals surface area (Å²) in [6.45, 7) is 2.46. The number of hydrogen-bond acceptors (Lipinski definition) is 7. The molecule has 2 N–H and O–H groups in total. The van der Waals surface area contributed by atoms with Crippen LogP contribution in [0.15, 0.2) is 73.1 Å². The number of pyridine rings is 1. The van der Waals surface area contributed by atoms with E-state index >= 15 is 0 Å². The van der Waals surface area contributed by atoms with Crippen LogP contribution in [0.25, 0.3) is 0 Å². The molecule has 0 aliphatic carbocycles. The summed E-state index contributed by atoms with van der Waals surface area (Å²) in [6, 6.07) is 16.9. The van der Waals surface area contributed by atoms with Gasteiger partial charge in [0.2, 0.25) is 5.91 Å². The van der Waals surface area contributed by atoms with Gasteiger partial charge in [0.25, 0.3) is 5.91 Å². The summed E-state index contributed by atoms with van der Waals surface area (Å²) in [7, 11) is 1.68. The van der Waals surface area contributed by atoms with E-state index in [1.165, 1.54) is 9.80 Å². The third-order valence-electron chi connectivity index (χ3n) is 6.41. The first-order valence-corrected chi connectivity index (χ1v) is 13.3. The van der Waals surface area contributed by atoms with Crippen LogP contribution in [-0.2, 0) is 20.9 Å². The lowest BCUT2D eigenvalue weighted by Gasteiger charge is -2.23. The maximum Gasteiger partial charge on any atom is 0.321 e. The van der Waals surface area contributed by atoms with E-state index in [4.69, 9.17) is 9.47 Å².